The fraction of sp³-hybridized carbons (Fsp3) is 0. The molecule has 0 aliphatic rings. The molecule has 0 aliphatic heterocycles. The molecule has 18 heavy (non-hydrogen) atoms. The number of nitrogens with zero attached hydrogens (tertiary/aromatic N) is 1. The topological polar surface area (TPSA) is 48.9 Å². The van der Waals surface area contributed by atoms with Gasteiger partial charge in [0.05, 0.1) is 5.69 Å². The summed E-state index contributed by atoms with van der Waals surface area (Å²) in [7, 11) is 0. The van der Waals surface area contributed by atoms with Crippen molar-refractivity contribution in [3.63, 3.8) is 0 Å². The quantitative estimate of drug-likeness (QED) is 0.657. The van der Waals surface area contributed by atoms with E-state index in [9.17, 15) is 9.50 Å². The number of aromatic hydroxyl groups is 1. The molecule has 0 unspecified atom stereocenters. The van der Waals surface area contributed by atoms with Crippen LogP contribution in [0.5, 0.6) is 5.75 Å². The highest BCUT2D eigenvalue weighted by Gasteiger charge is 2.10. The molecule has 1 aromatic carbocycles. The zero-order chi connectivity index (χ0) is 12.7. The third kappa shape index (κ3) is 1.80. The lowest BCUT2D eigenvalue weighted by atomic mass is 10.2. The van der Waals surface area contributed by atoms with Gasteiger partial charge in [-0.25, -0.2) is 9.37 Å². The van der Waals surface area contributed by atoms with E-state index in [1.165, 1.54) is 24.3 Å². The van der Waals surface area contributed by atoms with Crippen molar-refractivity contribution >= 4 is 22.5 Å². The summed E-state index contributed by atoms with van der Waals surface area (Å²) in [6.07, 6.45) is 0. The Morgan fingerprint density at radius 3 is 2.83 bits per heavy atom. The Hall–Kier alpha value is -2.07. The van der Waals surface area contributed by atoms with Crippen molar-refractivity contribution in [1.82, 2.24) is 9.97 Å². The van der Waals surface area contributed by atoms with E-state index >= 15 is 0 Å². The average molecular weight is 263 g/mol. The normalized spacial score (nSPS) is 11.0. The summed E-state index contributed by atoms with van der Waals surface area (Å²) >= 11 is 5.79. The zero-order valence-corrected chi connectivity index (χ0v) is 9.87. The smallest absolute Gasteiger partial charge is 0.143 e. The van der Waals surface area contributed by atoms with Crippen LogP contribution >= 0.6 is 11.6 Å². The summed E-state index contributed by atoms with van der Waals surface area (Å²) in [5.41, 5.74) is 1.71. The van der Waals surface area contributed by atoms with Gasteiger partial charge in [0.2, 0.25) is 0 Å². The molecule has 3 nitrogen and oxygen atoms in total. The Bertz CT molecular complexity index is 739. The van der Waals surface area contributed by atoms with Crippen LogP contribution in [0.1, 0.15) is 0 Å². The third-order valence-electron chi connectivity index (χ3n) is 2.68. The molecule has 0 amide bonds. The molecule has 0 radical (unpaired) electrons. The van der Waals surface area contributed by atoms with E-state index in [-0.39, 0.29) is 16.7 Å². The maximum Gasteiger partial charge on any atom is 0.143 e. The van der Waals surface area contributed by atoms with Crippen molar-refractivity contribution in [2.75, 3.05) is 0 Å². The van der Waals surface area contributed by atoms with Gasteiger partial charge in [-0.1, -0.05) is 11.6 Å². The fourth-order valence-corrected chi connectivity index (χ4v) is 2.00. The van der Waals surface area contributed by atoms with E-state index in [2.05, 4.69) is 9.97 Å². The van der Waals surface area contributed by atoms with Crippen molar-refractivity contribution < 1.29 is 9.50 Å². The van der Waals surface area contributed by atoms with E-state index in [4.69, 9.17) is 11.6 Å². The van der Waals surface area contributed by atoms with Crippen molar-refractivity contribution in [2.24, 2.45) is 0 Å². The lowest BCUT2D eigenvalue weighted by Gasteiger charge is -2.00. The SMILES string of the molecule is Oc1ccc(Cl)nc1-c1cc2cc(F)ccc2[nH]1. The van der Waals surface area contributed by atoms with Crippen LogP contribution < -0.4 is 0 Å². The predicted octanol–water partition coefficient (Wildman–Crippen LogP) is 3.73. The first-order chi connectivity index (χ1) is 8.63. The number of benzene rings is 1. The molecule has 2 aromatic heterocycles. The molecule has 0 fully saturated rings. The maximum absolute atomic E-state index is 13.1. The predicted molar refractivity (Wildman–Crippen MR) is 68.2 cm³/mol. The summed E-state index contributed by atoms with van der Waals surface area (Å²) in [6.45, 7) is 0. The Morgan fingerprint density at radius 1 is 1.17 bits per heavy atom. The molecule has 2 heterocycles. The number of pyridine rings is 1. The Kier molecular flexibility index (Phi) is 2.45. The fourth-order valence-electron chi connectivity index (χ4n) is 1.86. The highest BCUT2D eigenvalue weighted by Crippen LogP contribution is 2.30. The van der Waals surface area contributed by atoms with Crippen LogP contribution in [-0.2, 0) is 0 Å². The largest absolute Gasteiger partial charge is 0.506 e. The molecule has 0 bridgehead atoms. The number of aromatic amines is 1. The van der Waals surface area contributed by atoms with E-state index in [1.54, 1.807) is 12.1 Å². The van der Waals surface area contributed by atoms with Gasteiger partial charge in [0.25, 0.3) is 0 Å². The summed E-state index contributed by atoms with van der Waals surface area (Å²) in [6, 6.07) is 9.11. The Labute approximate surface area is 107 Å². The molecule has 0 aliphatic carbocycles. The number of hydrogen-bond donors (Lipinski definition) is 2. The number of aromatic nitrogens is 2. The molecule has 0 spiro atoms. The highest BCUT2D eigenvalue weighted by molar-refractivity contribution is 6.29. The monoisotopic (exact) mass is 262 g/mol. The molecule has 3 aromatic rings. The first-order valence-electron chi connectivity index (χ1n) is 5.27. The molecule has 2 N–H and O–H groups in total. The second kappa shape index (κ2) is 3.99. The van der Waals surface area contributed by atoms with Gasteiger partial charge in [-0.2, -0.15) is 0 Å². The van der Waals surface area contributed by atoms with Gasteiger partial charge in [-0.05, 0) is 36.4 Å². The van der Waals surface area contributed by atoms with Gasteiger partial charge in [-0.3, -0.25) is 0 Å². The van der Waals surface area contributed by atoms with Crippen LogP contribution in [0.2, 0.25) is 5.15 Å². The van der Waals surface area contributed by atoms with Crippen molar-refractivity contribution in [2.45, 2.75) is 0 Å². The average Bonchev–Trinajstić information content (AvgIpc) is 2.74. The number of hydrogen-bond acceptors (Lipinski definition) is 2. The van der Waals surface area contributed by atoms with Crippen molar-refractivity contribution in [3.8, 4) is 17.1 Å². The summed E-state index contributed by atoms with van der Waals surface area (Å²) in [4.78, 5) is 7.11. The van der Waals surface area contributed by atoms with Crippen molar-refractivity contribution in [1.29, 1.82) is 0 Å². The number of nitrogens with one attached hydrogen (secondary N) is 1. The van der Waals surface area contributed by atoms with Crippen LogP contribution in [0.4, 0.5) is 4.39 Å². The molecule has 0 atom stereocenters. The Morgan fingerprint density at radius 2 is 2.00 bits per heavy atom. The number of rotatable bonds is 1. The lowest BCUT2D eigenvalue weighted by Crippen LogP contribution is -1.84. The Balaban J connectivity index is 2.22. The summed E-state index contributed by atoms with van der Waals surface area (Å²) in [5.74, 6) is -0.289. The van der Waals surface area contributed by atoms with Crippen LogP contribution in [-0.4, -0.2) is 15.1 Å². The number of fused-ring (bicyclic) bond motifs is 1. The standard InChI is InChI=1S/C13H8ClFN2O/c14-12-4-3-11(18)13(17-12)10-6-7-5-8(15)1-2-9(7)16-10/h1-6,16,18H. The number of halogens is 2. The molecule has 0 saturated carbocycles. The minimum atomic E-state index is -0.309. The van der Waals surface area contributed by atoms with Gasteiger partial charge >= 0.3 is 0 Å². The van der Waals surface area contributed by atoms with Crippen LogP contribution in [0.3, 0.4) is 0 Å². The minimum Gasteiger partial charge on any atom is -0.506 e. The lowest BCUT2D eigenvalue weighted by molar-refractivity contribution is 0.475. The van der Waals surface area contributed by atoms with Gasteiger partial charge in [-0.15, -0.1) is 0 Å². The summed E-state index contributed by atoms with van der Waals surface area (Å²) < 4.78 is 13.1. The van der Waals surface area contributed by atoms with Crippen molar-refractivity contribution in [3.05, 3.63) is 47.4 Å². The number of H-pyrrole nitrogens is 1. The second-order valence-electron chi connectivity index (χ2n) is 3.92. The second-order valence-corrected chi connectivity index (χ2v) is 4.30. The van der Waals surface area contributed by atoms with Gasteiger partial charge in [0.1, 0.15) is 22.4 Å². The van der Waals surface area contributed by atoms with E-state index in [0.717, 1.165) is 5.52 Å². The van der Waals surface area contributed by atoms with Crippen LogP contribution in [0.25, 0.3) is 22.3 Å². The zero-order valence-electron chi connectivity index (χ0n) is 9.11. The van der Waals surface area contributed by atoms with E-state index in [1.807, 2.05) is 0 Å². The van der Waals surface area contributed by atoms with Gasteiger partial charge < -0.3 is 10.1 Å². The molecule has 0 saturated heterocycles. The van der Waals surface area contributed by atoms with Gasteiger partial charge in [0, 0.05) is 10.9 Å². The van der Waals surface area contributed by atoms with E-state index in [0.29, 0.717) is 16.8 Å². The molecular formula is C13H8ClFN2O. The van der Waals surface area contributed by atoms with Crippen LogP contribution in [0, 0.1) is 5.82 Å². The minimum absolute atomic E-state index is 0.0198. The highest BCUT2D eigenvalue weighted by atomic mass is 35.5. The first kappa shape index (κ1) is 11.0. The molecular weight excluding hydrogens is 255 g/mol. The maximum atomic E-state index is 13.1. The molecule has 90 valence electrons. The molecule has 5 heteroatoms. The first-order valence-corrected chi connectivity index (χ1v) is 5.65. The van der Waals surface area contributed by atoms with Crippen LogP contribution in [0.15, 0.2) is 36.4 Å². The summed E-state index contributed by atoms with van der Waals surface area (Å²) in [5, 5.41) is 10.8. The molecule has 3 rings (SSSR count). The third-order valence-corrected chi connectivity index (χ3v) is 2.89. The van der Waals surface area contributed by atoms with Gasteiger partial charge in [0.15, 0.2) is 0 Å². The van der Waals surface area contributed by atoms with E-state index < -0.39 is 0 Å².